The van der Waals surface area contributed by atoms with Gasteiger partial charge in [0.1, 0.15) is 5.82 Å². The van der Waals surface area contributed by atoms with E-state index < -0.39 is 0 Å². The van der Waals surface area contributed by atoms with E-state index in [1.165, 1.54) is 12.8 Å². The van der Waals surface area contributed by atoms with Crippen molar-refractivity contribution in [2.45, 2.75) is 12.8 Å². The van der Waals surface area contributed by atoms with Crippen LogP contribution in [0.1, 0.15) is 12.8 Å². The van der Waals surface area contributed by atoms with Crippen molar-refractivity contribution in [2.75, 3.05) is 47.5 Å². The van der Waals surface area contributed by atoms with Crippen LogP contribution in [0.4, 0.5) is 15.8 Å². The van der Waals surface area contributed by atoms with Gasteiger partial charge in [-0.3, -0.25) is 0 Å². The fourth-order valence-electron chi connectivity index (χ4n) is 2.73. The Kier molecular flexibility index (Phi) is 3.64. The molecule has 0 aromatic heterocycles. The molecule has 0 radical (unpaired) electrons. The third-order valence-corrected chi connectivity index (χ3v) is 4.70. The summed E-state index contributed by atoms with van der Waals surface area (Å²) < 4.78 is 14.2. The summed E-state index contributed by atoms with van der Waals surface area (Å²) in [5.74, 6) is 2.15. The van der Waals surface area contributed by atoms with Crippen LogP contribution in [0.5, 0.6) is 0 Å². The van der Waals surface area contributed by atoms with Gasteiger partial charge in [-0.05, 0) is 31.0 Å². The molecule has 98 valence electrons. The Bertz CT molecular complexity index is 412. The van der Waals surface area contributed by atoms with Crippen molar-refractivity contribution in [1.82, 2.24) is 0 Å². The summed E-state index contributed by atoms with van der Waals surface area (Å²) in [4.78, 5) is 4.44. The van der Waals surface area contributed by atoms with Crippen molar-refractivity contribution < 1.29 is 4.39 Å². The van der Waals surface area contributed by atoms with Crippen molar-refractivity contribution in [3.8, 4) is 0 Å². The summed E-state index contributed by atoms with van der Waals surface area (Å²) >= 11 is 1.95. The number of hydrogen-bond acceptors (Lipinski definition) is 3. The Labute approximate surface area is 112 Å². The smallest absolute Gasteiger partial charge is 0.148 e. The van der Waals surface area contributed by atoms with Crippen molar-refractivity contribution in [1.29, 1.82) is 0 Å². The molecule has 0 amide bonds. The Morgan fingerprint density at radius 3 is 2.33 bits per heavy atom. The Hall–Kier alpha value is -0.900. The molecule has 2 aliphatic rings. The van der Waals surface area contributed by atoms with Gasteiger partial charge in [-0.15, -0.1) is 0 Å². The van der Waals surface area contributed by atoms with Gasteiger partial charge in [0.25, 0.3) is 0 Å². The molecule has 0 saturated carbocycles. The van der Waals surface area contributed by atoms with Gasteiger partial charge in [-0.1, -0.05) is 0 Å². The number of rotatable bonds is 2. The molecule has 0 spiro atoms. The average molecular weight is 266 g/mol. The number of hydrogen-bond donors (Lipinski definition) is 0. The van der Waals surface area contributed by atoms with Crippen LogP contribution >= 0.6 is 11.8 Å². The lowest BCUT2D eigenvalue weighted by Gasteiger charge is -2.29. The van der Waals surface area contributed by atoms with Crippen LogP contribution in [0.3, 0.4) is 0 Å². The number of benzene rings is 1. The molecule has 0 unspecified atom stereocenters. The highest BCUT2D eigenvalue weighted by Crippen LogP contribution is 2.28. The van der Waals surface area contributed by atoms with E-state index in [-0.39, 0.29) is 5.82 Å². The Morgan fingerprint density at radius 2 is 1.67 bits per heavy atom. The molecule has 2 heterocycles. The molecule has 0 aliphatic carbocycles. The van der Waals surface area contributed by atoms with Crippen LogP contribution in [0.15, 0.2) is 18.2 Å². The summed E-state index contributed by atoms with van der Waals surface area (Å²) in [6, 6.07) is 5.74. The second-order valence-corrected chi connectivity index (χ2v) is 6.15. The summed E-state index contributed by atoms with van der Waals surface area (Å²) in [6.07, 6.45) is 2.46. The SMILES string of the molecule is Fc1cc(N2CCCC2)ccc1N1CCSCC1. The number of thioether (sulfide) groups is 1. The standard InChI is InChI=1S/C14H19FN2S/c15-13-11-12(16-5-1-2-6-16)3-4-14(13)17-7-9-18-10-8-17/h3-4,11H,1-2,5-10H2. The lowest BCUT2D eigenvalue weighted by Crippen LogP contribution is -2.33. The van der Waals surface area contributed by atoms with Crippen molar-refractivity contribution >= 4 is 23.1 Å². The fourth-order valence-corrected chi connectivity index (χ4v) is 3.63. The molecule has 2 saturated heterocycles. The highest BCUT2D eigenvalue weighted by molar-refractivity contribution is 7.99. The van der Waals surface area contributed by atoms with Crippen molar-refractivity contribution in [3.05, 3.63) is 24.0 Å². The molecule has 4 heteroatoms. The van der Waals surface area contributed by atoms with E-state index in [1.54, 1.807) is 6.07 Å². The molecule has 2 nitrogen and oxygen atoms in total. The maximum Gasteiger partial charge on any atom is 0.148 e. The quantitative estimate of drug-likeness (QED) is 0.812. The van der Waals surface area contributed by atoms with E-state index in [2.05, 4.69) is 15.9 Å². The van der Waals surface area contributed by atoms with E-state index in [0.29, 0.717) is 0 Å². The molecule has 1 aromatic carbocycles. The van der Waals surface area contributed by atoms with Gasteiger partial charge in [-0.2, -0.15) is 11.8 Å². The second kappa shape index (κ2) is 5.39. The van der Waals surface area contributed by atoms with E-state index in [1.807, 2.05) is 17.8 Å². The zero-order valence-corrected chi connectivity index (χ0v) is 11.4. The van der Waals surface area contributed by atoms with Crippen LogP contribution in [0.2, 0.25) is 0 Å². The first-order chi connectivity index (χ1) is 8.84. The van der Waals surface area contributed by atoms with E-state index in [0.717, 1.165) is 49.1 Å². The van der Waals surface area contributed by atoms with Gasteiger partial charge in [0, 0.05) is 43.4 Å². The maximum atomic E-state index is 14.2. The summed E-state index contributed by atoms with van der Waals surface area (Å²) in [6.45, 7) is 4.06. The van der Waals surface area contributed by atoms with Crippen molar-refractivity contribution in [3.63, 3.8) is 0 Å². The predicted molar refractivity (Wildman–Crippen MR) is 77.4 cm³/mol. The first-order valence-corrected chi connectivity index (χ1v) is 7.87. The van der Waals surface area contributed by atoms with Crippen LogP contribution in [-0.4, -0.2) is 37.7 Å². The Morgan fingerprint density at radius 1 is 0.944 bits per heavy atom. The van der Waals surface area contributed by atoms with Crippen LogP contribution in [-0.2, 0) is 0 Å². The molecule has 18 heavy (non-hydrogen) atoms. The topological polar surface area (TPSA) is 6.48 Å². The van der Waals surface area contributed by atoms with Crippen molar-refractivity contribution in [2.24, 2.45) is 0 Å². The third kappa shape index (κ3) is 2.44. The van der Waals surface area contributed by atoms with Gasteiger partial charge in [0.2, 0.25) is 0 Å². The minimum atomic E-state index is -0.0636. The molecule has 2 aliphatic heterocycles. The largest absolute Gasteiger partial charge is 0.371 e. The first kappa shape index (κ1) is 12.2. The summed E-state index contributed by atoms with van der Waals surface area (Å²) in [7, 11) is 0. The second-order valence-electron chi connectivity index (χ2n) is 4.93. The van der Waals surface area contributed by atoms with E-state index >= 15 is 0 Å². The predicted octanol–water partition coefficient (Wildman–Crippen LogP) is 2.98. The molecular weight excluding hydrogens is 247 g/mol. The van der Waals surface area contributed by atoms with Gasteiger partial charge >= 0.3 is 0 Å². The summed E-state index contributed by atoms with van der Waals surface area (Å²) in [5, 5.41) is 0. The van der Waals surface area contributed by atoms with Crippen LogP contribution in [0.25, 0.3) is 0 Å². The lowest BCUT2D eigenvalue weighted by molar-refractivity contribution is 0.619. The van der Waals surface area contributed by atoms with Gasteiger partial charge < -0.3 is 9.80 Å². The monoisotopic (exact) mass is 266 g/mol. The molecule has 0 N–H and O–H groups in total. The maximum absolute atomic E-state index is 14.2. The first-order valence-electron chi connectivity index (χ1n) is 6.72. The van der Waals surface area contributed by atoms with Crippen LogP contribution in [0, 0.1) is 5.82 Å². The summed E-state index contributed by atoms with van der Waals surface area (Å²) in [5.41, 5.74) is 1.82. The average Bonchev–Trinajstić information content (AvgIpc) is 2.93. The third-order valence-electron chi connectivity index (χ3n) is 3.75. The van der Waals surface area contributed by atoms with E-state index in [4.69, 9.17) is 0 Å². The zero-order chi connectivity index (χ0) is 12.4. The minimum Gasteiger partial charge on any atom is -0.371 e. The van der Waals surface area contributed by atoms with Crippen LogP contribution < -0.4 is 9.80 Å². The highest BCUT2D eigenvalue weighted by Gasteiger charge is 2.18. The van der Waals surface area contributed by atoms with Gasteiger partial charge in [0.15, 0.2) is 0 Å². The molecule has 0 bridgehead atoms. The fraction of sp³-hybridized carbons (Fsp3) is 0.571. The van der Waals surface area contributed by atoms with E-state index in [9.17, 15) is 4.39 Å². The van der Waals surface area contributed by atoms with Gasteiger partial charge in [0.05, 0.1) is 5.69 Å². The molecule has 3 rings (SSSR count). The normalized spacial score (nSPS) is 20.5. The molecule has 1 aromatic rings. The number of nitrogens with zero attached hydrogens (tertiary/aromatic N) is 2. The Balaban J connectivity index is 1.79. The lowest BCUT2D eigenvalue weighted by atomic mass is 10.2. The highest BCUT2D eigenvalue weighted by atomic mass is 32.2. The molecular formula is C14H19FN2S. The number of anilines is 2. The minimum absolute atomic E-state index is 0.0636. The zero-order valence-electron chi connectivity index (χ0n) is 10.6. The molecule has 2 fully saturated rings. The molecule has 0 atom stereocenters. The van der Waals surface area contributed by atoms with Gasteiger partial charge in [-0.25, -0.2) is 4.39 Å². The number of halogens is 1.